The Morgan fingerprint density at radius 2 is 2.00 bits per heavy atom. The van der Waals surface area contributed by atoms with E-state index < -0.39 is 0 Å². The van der Waals surface area contributed by atoms with Gasteiger partial charge in [0.05, 0.1) is 36.6 Å². The van der Waals surface area contributed by atoms with Gasteiger partial charge in [-0.1, -0.05) is 6.92 Å². The van der Waals surface area contributed by atoms with Crippen molar-refractivity contribution in [3.05, 3.63) is 18.2 Å². The van der Waals surface area contributed by atoms with E-state index in [9.17, 15) is 4.79 Å². The van der Waals surface area contributed by atoms with E-state index in [0.29, 0.717) is 17.1 Å². The number of nitrogens with one attached hydrogen (secondary N) is 1. The molecule has 5 nitrogen and oxygen atoms in total. The molecule has 0 saturated carbocycles. The first-order valence-electron chi connectivity index (χ1n) is 6.84. The van der Waals surface area contributed by atoms with Crippen LogP contribution in [0.25, 0.3) is 0 Å². The molecule has 4 atom stereocenters. The van der Waals surface area contributed by atoms with E-state index in [-0.39, 0.29) is 30.0 Å². The summed E-state index contributed by atoms with van der Waals surface area (Å²) in [4.78, 5) is 12.4. The van der Waals surface area contributed by atoms with Gasteiger partial charge in [0, 0.05) is 6.07 Å². The molecule has 0 aromatic heterocycles. The molecule has 2 rings (SSSR count). The van der Waals surface area contributed by atoms with Crippen LogP contribution in [-0.2, 0) is 9.53 Å². The summed E-state index contributed by atoms with van der Waals surface area (Å²) in [7, 11) is 1.58. The third-order valence-corrected chi connectivity index (χ3v) is 4.06. The van der Waals surface area contributed by atoms with Crippen molar-refractivity contribution >= 4 is 17.3 Å². The van der Waals surface area contributed by atoms with Crippen molar-refractivity contribution in [3.63, 3.8) is 0 Å². The lowest BCUT2D eigenvalue weighted by Crippen LogP contribution is -2.32. The van der Waals surface area contributed by atoms with Gasteiger partial charge in [0.15, 0.2) is 0 Å². The number of ether oxygens (including phenoxy) is 2. The van der Waals surface area contributed by atoms with E-state index in [1.807, 2.05) is 20.8 Å². The summed E-state index contributed by atoms with van der Waals surface area (Å²) in [6.07, 6.45) is -0.00441. The normalized spacial score (nSPS) is 29.2. The lowest BCUT2D eigenvalue weighted by atomic mass is 9.89. The molecule has 1 amide bonds. The Morgan fingerprint density at radius 3 is 2.55 bits per heavy atom. The number of hydrogen-bond acceptors (Lipinski definition) is 4. The molecule has 1 aliphatic heterocycles. The van der Waals surface area contributed by atoms with E-state index >= 15 is 0 Å². The van der Waals surface area contributed by atoms with Crippen LogP contribution in [0.1, 0.15) is 20.8 Å². The molecule has 1 aliphatic rings. The molecule has 110 valence electrons. The smallest absolute Gasteiger partial charge is 0.230 e. The number of nitrogens with two attached hydrogens (primary N) is 1. The summed E-state index contributed by atoms with van der Waals surface area (Å²) in [5.41, 5.74) is 6.98. The van der Waals surface area contributed by atoms with E-state index in [1.54, 1.807) is 25.3 Å². The molecule has 0 bridgehead atoms. The number of carbonyl (C=O) groups is 1. The molecule has 0 radical (unpaired) electrons. The van der Waals surface area contributed by atoms with Crippen molar-refractivity contribution < 1.29 is 14.3 Å². The second kappa shape index (κ2) is 5.71. The number of hydrogen-bond donors (Lipinski definition) is 2. The summed E-state index contributed by atoms with van der Waals surface area (Å²) in [5.74, 6) is 0.605. The molecule has 3 N–H and O–H groups in total. The lowest BCUT2D eigenvalue weighted by molar-refractivity contribution is -0.121. The minimum absolute atomic E-state index is 0.0608. The zero-order chi connectivity index (χ0) is 14.9. The first-order valence-corrected chi connectivity index (χ1v) is 6.84. The van der Waals surface area contributed by atoms with Crippen molar-refractivity contribution in [2.24, 2.45) is 11.8 Å². The molecule has 0 spiro atoms. The van der Waals surface area contributed by atoms with Gasteiger partial charge in [-0.15, -0.1) is 0 Å². The molecule has 4 unspecified atom stereocenters. The van der Waals surface area contributed by atoms with Gasteiger partial charge in [-0.2, -0.15) is 0 Å². The molecular formula is C15H22N2O3. The maximum Gasteiger partial charge on any atom is 0.230 e. The van der Waals surface area contributed by atoms with Gasteiger partial charge in [0.2, 0.25) is 5.91 Å². The van der Waals surface area contributed by atoms with Gasteiger partial charge < -0.3 is 20.5 Å². The molecule has 1 heterocycles. The number of amides is 1. The fourth-order valence-electron chi connectivity index (χ4n) is 2.71. The van der Waals surface area contributed by atoms with Gasteiger partial charge in [0.25, 0.3) is 0 Å². The molecule has 1 saturated heterocycles. The summed E-state index contributed by atoms with van der Waals surface area (Å²) in [6.45, 7) is 5.96. The van der Waals surface area contributed by atoms with Crippen LogP contribution in [0.4, 0.5) is 11.4 Å². The standard InChI is InChI=1S/C15H22N2O3/c1-8-9(2)20-10(3)14(8)15(18)17-13-7-11(19-4)5-6-12(13)16/h5-10,14H,16H2,1-4H3,(H,17,18). The Kier molecular flexibility index (Phi) is 4.18. The van der Waals surface area contributed by atoms with E-state index in [0.717, 1.165) is 0 Å². The quantitative estimate of drug-likeness (QED) is 0.832. The number of anilines is 2. The van der Waals surface area contributed by atoms with E-state index in [2.05, 4.69) is 5.32 Å². The van der Waals surface area contributed by atoms with Crippen LogP contribution in [0.5, 0.6) is 5.75 Å². The average molecular weight is 278 g/mol. The Morgan fingerprint density at radius 1 is 1.30 bits per heavy atom. The fourth-order valence-corrected chi connectivity index (χ4v) is 2.71. The van der Waals surface area contributed by atoms with Crippen molar-refractivity contribution in [1.82, 2.24) is 0 Å². The minimum atomic E-state index is -0.171. The van der Waals surface area contributed by atoms with Crippen molar-refractivity contribution in [1.29, 1.82) is 0 Å². The summed E-state index contributed by atoms with van der Waals surface area (Å²) >= 11 is 0. The number of benzene rings is 1. The van der Waals surface area contributed by atoms with Gasteiger partial charge in [0.1, 0.15) is 5.75 Å². The first-order chi connectivity index (χ1) is 9.43. The van der Waals surface area contributed by atoms with Crippen LogP contribution < -0.4 is 15.8 Å². The Hall–Kier alpha value is -1.75. The SMILES string of the molecule is COc1ccc(N)c(NC(=O)C2C(C)OC(C)C2C)c1. The molecular weight excluding hydrogens is 256 g/mol. The van der Waals surface area contributed by atoms with Crippen molar-refractivity contribution in [2.75, 3.05) is 18.2 Å². The van der Waals surface area contributed by atoms with Crippen LogP contribution in [0.2, 0.25) is 0 Å². The monoisotopic (exact) mass is 278 g/mol. The third kappa shape index (κ3) is 2.72. The van der Waals surface area contributed by atoms with Crippen LogP contribution in [-0.4, -0.2) is 25.2 Å². The highest BCUT2D eigenvalue weighted by molar-refractivity contribution is 5.96. The molecule has 20 heavy (non-hydrogen) atoms. The van der Waals surface area contributed by atoms with Crippen molar-refractivity contribution in [2.45, 2.75) is 33.0 Å². The van der Waals surface area contributed by atoms with E-state index in [1.165, 1.54) is 0 Å². The van der Waals surface area contributed by atoms with Crippen molar-refractivity contribution in [3.8, 4) is 5.75 Å². The van der Waals surface area contributed by atoms with Gasteiger partial charge >= 0.3 is 0 Å². The maximum atomic E-state index is 12.4. The number of rotatable bonds is 3. The molecule has 1 aromatic rings. The minimum Gasteiger partial charge on any atom is -0.497 e. The zero-order valence-electron chi connectivity index (χ0n) is 12.3. The Labute approximate surface area is 119 Å². The van der Waals surface area contributed by atoms with Gasteiger partial charge in [-0.3, -0.25) is 4.79 Å². The summed E-state index contributed by atoms with van der Waals surface area (Å²) in [6, 6.07) is 5.20. The molecule has 5 heteroatoms. The maximum absolute atomic E-state index is 12.4. The first kappa shape index (κ1) is 14.7. The third-order valence-electron chi connectivity index (χ3n) is 4.06. The second-order valence-electron chi connectivity index (χ2n) is 5.37. The number of methoxy groups -OCH3 is 1. The fraction of sp³-hybridized carbons (Fsp3) is 0.533. The number of nitrogen functional groups attached to an aromatic ring is 1. The van der Waals surface area contributed by atoms with E-state index in [4.69, 9.17) is 15.2 Å². The molecule has 1 aromatic carbocycles. The lowest BCUT2D eigenvalue weighted by Gasteiger charge is -2.19. The van der Waals surface area contributed by atoms with Crippen LogP contribution in [0, 0.1) is 11.8 Å². The highest BCUT2D eigenvalue weighted by Crippen LogP contribution is 2.34. The largest absolute Gasteiger partial charge is 0.497 e. The summed E-state index contributed by atoms with van der Waals surface area (Å²) < 4.78 is 10.8. The molecule has 1 fully saturated rings. The summed E-state index contributed by atoms with van der Waals surface area (Å²) in [5, 5.41) is 2.88. The highest BCUT2D eigenvalue weighted by atomic mass is 16.5. The average Bonchev–Trinajstić information content (AvgIpc) is 2.66. The Bertz CT molecular complexity index is 504. The van der Waals surface area contributed by atoms with Gasteiger partial charge in [-0.25, -0.2) is 0 Å². The predicted octanol–water partition coefficient (Wildman–Crippen LogP) is 2.28. The van der Waals surface area contributed by atoms with Crippen LogP contribution in [0.3, 0.4) is 0 Å². The van der Waals surface area contributed by atoms with Gasteiger partial charge in [-0.05, 0) is 31.9 Å². The Balaban J connectivity index is 2.16. The zero-order valence-corrected chi connectivity index (χ0v) is 12.3. The van der Waals surface area contributed by atoms with Crippen LogP contribution >= 0.6 is 0 Å². The highest BCUT2D eigenvalue weighted by Gasteiger charge is 2.41. The van der Waals surface area contributed by atoms with Crippen LogP contribution in [0.15, 0.2) is 18.2 Å². The second-order valence-corrected chi connectivity index (χ2v) is 5.37. The topological polar surface area (TPSA) is 73.6 Å². The number of carbonyl (C=O) groups excluding carboxylic acids is 1. The molecule has 0 aliphatic carbocycles. The predicted molar refractivity (Wildman–Crippen MR) is 78.7 cm³/mol.